The summed E-state index contributed by atoms with van der Waals surface area (Å²) < 4.78 is 1.52. The smallest absolute Gasteiger partial charge is 0.264 e. The number of carbonyl (C=O) groups is 1. The molecule has 1 amide bonds. The lowest BCUT2D eigenvalue weighted by molar-refractivity contribution is -0.117. The van der Waals surface area contributed by atoms with Gasteiger partial charge in [-0.05, 0) is 19.9 Å². The van der Waals surface area contributed by atoms with Crippen LogP contribution in [0.1, 0.15) is 11.4 Å². The number of rotatable bonds is 3. The van der Waals surface area contributed by atoms with Gasteiger partial charge in [0, 0.05) is 6.07 Å². The predicted molar refractivity (Wildman–Crippen MR) is 69.6 cm³/mol. The van der Waals surface area contributed by atoms with E-state index in [1.807, 2.05) is 0 Å². The molecule has 0 saturated carbocycles. The normalized spacial score (nSPS) is 10.4. The van der Waals surface area contributed by atoms with Gasteiger partial charge in [0.2, 0.25) is 5.91 Å². The van der Waals surface area contributed by atoms with Gasteiger partial charge in [0.05, 0.1) is 17.1 Å². The molecule has 0 unspecified atom stereocenters. The van der Waals surface area contributed by atoms with Crippen LogP contribution >= 0.6 is 0 Å². The van der Waals surface area contributed by atoms with E-state index in [1.54, 1.807) is 13.8 Å². The highest BCUT2D eigenvalue weighted by Crippen LogP contribution is 2.14. The molecule has 19 heavy (non-hydrogen) atoms. The van der Waals surface area contributed by atoms with Crippen LogP contribution in [0, 0.1) is 13.8 Å². The number of hydrogen-bond donors (Lipinski definition) is 3. The highest BCUT2D eigenvalue weighted by Gasteiger charge is 2.11. The summed E-state index contributed by atoms with van der Waals surface area (Å²) in [7, 11) is 0. The van der Waals surface area contributed by atoms with Crippen molar-refractivity contribution in [3.05, 3.63) is 33.9 Å². The van der Waals surface area contributed by atoms with E-state index in [4.69, 9.17) is 5.73 Å². The van der Waals surface area contributed by atoms with E-state index >= 15 is 0 Å². The Morgan fingerprint density at radius 3 is 2.74 bits per heavy atom. The number of amides is 1. The van der Waals surface area contributed by atoms with Gasteiger partial charge in [0.1, 0.15) is 6.54 Å². The molecular formula is C11H14N6O2. The molecule has 100 valence electrons. The third-order valence-corrected chi connectivity index (χ3v) is 2.68. The number of nitrogen functional groups attached to an aromatic ring is 1. The average Bonchev–Trinajstić information content (AvgIpc) is 2.60. The fraction of sp³-hybridized carbons (Fsp3) is 0.273. The molecule has 0 aliphatic heterocycles. The minimum Gasteiger partial charge on any atom is -0.396 e. The van der Waals surface area contributed by atoms with Crippen molar-refractivity contribution in [1.29, 1.82) is 0 Å². The summed E-state index contributed by atoms with van der Waals surface area (Å²) in [6, 6.07) is 2.70. The molecule has 2 heterocycles. The minimum atomic E-state index is -0.329. The first kappa shape index (κ1) is 12.8. The van der Waals surface area contributed by atoms with E-state index in [0.29, 0.717) is 11.4 Å². The van der Waals surface area contributed by atoms with Gasteiger partial charge < -0.3 is 11.1 Å². The van der Waals surface area contributed by atoms with Crippen molar-refractivity contribution < 1.29 is 4.79 Å². The summed E-state index contributed by atoms with van der Waals surface area (Å²) in [4.78, 5) is 22.6. The molecule has 0 atom stereocenters. The summed E-state index contributed by atoms with van der Waals surface area (Å²) in [5.41, 5.74) is 7.46. The molecule has 0 radical (unpaired) electrons. The van der Waals surface area contributed by atoms with Crippen molar-refractivity contribution in [3.8, 4) is 0 Å². The second-order valence-electron chi connectivity index (χ2n) is 4.10. The molecule has 8 heteroatoms. The SMILES string of the molecule is Cc1nn(CC(=O)Nc2ccc(=O)[nH]n2)c(C)c1N. The Labute approximate surface area is 108 Å². The molecule has 2 aromatic rings. The predicted octanol–water partition coefficient (Wildman–Crippen LogP) is -0.196. The van der Waals surface area contributed by atoms with Crippen LogP contribution in [0.3, 0.4) is 0 Å². The second kappa shape index (κ2) is 4.92. The van der Waals surface area contributed by atoms with E-state index in [0.717, 1.165) is 5.69 Å². The summed E-state index contributed by atoms with van der Waals surface area (Å²) >= 11 is 0. The summed E-state index contributed by atoms with van der Waals surface area (Å²) in [6.45, 7) is 3.60. The van der Waals surface area contributed by atoms with E-state index in [9.17, 15) is 9.59 Å². The quantitative estimate of drug-likeness (QED) is 0.708. The van der Waals surface area contributed by atoms with Gasteiger partial charge in [0.15, 0.2) is 5.82 Å². The molecule has 8 nitrogen and oxygen atoms in total. The third kappa shape index (κ3) is 2.79. The highest BCUT2D eigenvalue weighted by atomic mass is 16.2. The molecule has 0 saturated heterocycles. The zero-order valence-corrected chi connectivity index (χ0v) is 10.6. The maximum atomic E-state index is 11.8. The molecule has 0 spiro atoms. The van der Waals surface area contributed by atoms with Gasteiger partial charge in [-0.15, -0.1) is 0 Å². The van der Waals surface area contributed by atoms with Crippen LogP contribution in [-0.4, -0.2) is 25.9 Å². The first-order valence-corrected chi connectivity index (χ1v) is 5.62. The van der Waals surface area contributed by atoms with Gasteiger partial charge in [-0.25, -0.2) is 5.10 Å². The Hall–Kier alpha value is -2.64. The van der Waals surface area contributed by atoms with Gasteiger partial charge in [0.25, 0.3) is 5.56 Å². The Kier molecular flexibility index (Phi) is 3.32. The Balaban J connectivity index is 2.07. The average molecular weight is 262 g/mol. The van der Waals surface area contributed by atoms with Crippen molar-refractivity contribution >= 4 is 17.4 Å². The summed E-state index contributed by atoms with van der Waals surface area (Å²) in [6.07, 6.45) is 0. The number of nitrogens with two attached hydrogens (primary N) is 1. The zero-order chi connectivity index (χ0) is 14.0. The van der Waals surface area contributed by atoms with Crippen LogP contribution in [-0.2, 0) is 11.3 Å². The number of nitrogens with one attached hydrogen (secondary N) is 2. The first-order chi connectivity index (χ1) is 8.97. The molecule has 0 bridgehead atoms. The number of nitrogens with zero attached hydrogens (tertiary/aromatic N) is 3. The highest BCUT2D eigenvalue weighted by molar-refractivity contribution is 5.89. The van der Waals surface area contributed by atoms with E-state index in [-0.39, 0.29) is 23.8 Å². The third-order valence-electron chi connectivity index (χ3n) is 2.68. The van der Waals surface area contributed by atoms with Crippen LogP contribution in [0.25, 0.3) is 0 Å². The van der Waals surface area contributed by atoms with Crippen LogP contribution in [0.5, 0.6) is 0 Å². The van der Waals surface area contributed by atoms with Crippen LogP contribution in [0.2, 0.25) is 0 Å². The van der Waals surface area contributed by atoms with E-state index < -0.39 is 0 Å². The maximum Gasteiger partial charge on any atom is 0.264 e. The number of H-pyrrole nitrogens is 1. The van der Waals surface area contributed by atoms with Gasteiger partial charge in [-0.1, -0.05) is 0 Å². The second-order valence-corrected chi connectivity index (χ2v) is 4.10. The maximum absolute atomic E-state index is 11.8. The van der Waals surface area contributed by atoms with Crippen molar-refractivity contribution in [1.82, 2.24) is 20.0 Å². The monoisotopic (exact) mass is 262 g/mol. The molecule has 0 aromatic carbocycles. The molecule has 4 N–H and O–H groups in total. The lowest BCUT2D eigenvalue weighted by atomic mass is 10.3. The van der Waals surface area contributed by atoms with Crippen molar-refractivity contribution in [3.63, 3.8) is 0 Å². The Morgan fingerprint density at radius 1 is 1.47 bits per heavy atom. The first-order valence-electron chi connectivity index (χ1n) is 5.62. The lowest BCUT2D eigenvalue weighted by Crippen LogP contribution is -2.22. The fourth-order valence-corrected chi connectivity index (χ4v) is 1.60. The summed E-state index contributed by atoms with van der Waals surface area (Å²) in [5.74, 6) is -0.0238. The van der Waals surface area contributed by atoms with Gasteiger partial charge in [-0.3, -0.25) is 14.3 Å². The largest absolute Gasteiger partial charge is 0.396 e. The number of anilines is 2. The number of aryl methyl sites for hydroxylation is 1. The molecule has 2 aromatic heterocycles. The van der Waals surface area contributed by atoms with Crippen LogP contribution < -0.4 is 16.6 Å². The van der Waals surface area contributed by atoms with Crippen molar-refractivity contribution in [2.45, 2.75) is 20.4 Å². The minimum absolute atomic E-state index is 0.0324. The molecular weight excluding hydrogens is 248 g/mol. The Bertz CT molecular complexity index is 652. The van der Waals surface area contributed by atoms with Crippen molar-refractivity contribution in [2.75, 3.05) is 11.1 Å². The van der Waals surface area contributed by atoms with Gasteiger partial charge >= 0.3 is 0 Å². The van der Waals surface area contributed by atoms with Crippen LogP contribution in [0.15, 0.2) is 16.9 Å². The van der Waals surface area contributed by atoms with Crippen molar-refractivity contribution in [2.24, 2.45) is 0 Å². The number of aromatic nitrogens is 4. The molecule has 0 fully saturated rings. The van der Waals surface area contributed by atoms with E-state index in [2.05, 4.69) is 20.6 Å². The number of carbonyl (C=O) groups excluding carboxylic acids is 1. The molecule has 2 rings (SSSR count). The van der Waals surface area contributed by atoms with Gasteiger partial charge in [-0.2, -0.15) is 10.2 Å². The number of hydrogen-bond acceptors (Lipinski definition) is 5. The van der Waals surface area contributed by atoms with E-state index in [1.165, 1.54) is 16.8 Å². The fourth-order valence-electron chi connectivity index (χ4n) is 1.60. The summed E-state index contributed by atoms with van der Waals surface area (Å²) in [5, 5.41) is 12.6. The standard InChI is InChI=1S/C11H14N6O2/c1-6-11(12)7(2)17(16-6)5-10(19)13-8-3-4-9(18)15-14-8/h3-4H,5,12H2,1-2H3,(H,15,18)(H,13,14,19). The molecule has 0 aliphatic rings. The molecule has 0 aliphatic carbocycles. The Morgan fingerprint density at radius 2 is 2.21 bits per heavy atom. The van der Waals surface area contributed by atoms with Crippen LogP contribution in [0.4, 0.5) is 11.5 Å². The number of aromatic amines is 1. The topological polar surface area (TPSA) is 119 Å². The zero-order valence-electron chi connectivity index (χ0n) is 10.6. The lowest BCUT2D eigenvalue weighted by Gasteiger charge is -2.05.